The summed E-state index contributed by atoms with van der Waals surface area (Å²) < 4.78 is 0. The van der Waals surface area contributed by atoms with E-state index in [2.05, 4.69) is 51.3 Å². The van der Waals surface area contributed by atoms with Crippen LogP contribution in [0.5, 0.6) is 0 Å². The SMILES string of the molecule is CCN(CC)c1ccc(/C=N/NC(=O)c2cc(-c3ccccc3)nc(N3CCCCC3)n2)cc1. The van der Waals surface area contributed by atoms with Crippen molar-refractivity contribution in [2.24, 2.45) is 5.10 Å². The number of rotatable bonds is 8. The van der Waals surface area contributed by atoms with Crippen molar-refractivity contribution in [2.45, 2.75) is 33.1 Å². The van der Waals surface area contributed by atoms with Crippen molar-refractivity contribution >= 4 is 23.8 Å². The van der Waals surface area contributed by atoms with E-state index in [0.29, 0.717) is 11.6 Å². The molecule has 1 aliphatic heterocycles. The van der Waals surface area contributed by atoms with Gasteiger partial charge in [0.05, 0.1) is 11.9 Å². The van der Waals surface area contributed by atoms with E-state index in [1.54, 1.807) is 12.3 Å². The molecule has 1 aliphatic rings. The zero-order valence-corrected chi connectivity index (χ0v) is 19.9. The van der Waals surface area contributed by atoms with Gasteiger partial charge in [-0.25, -0.2) is 15.4 Å². The maximum atomic E-state index is 12.9. The highest BCUT2D eigenvalue weighted by molar-refractivity contribution is 5.94. The maximum absolute atomic E-state index is 12.9. The van der Waals surface area contributed by atoms with Gasteiger partial charge in [0.25, 0.3) is 5.91 Å². The van der Waals surface area contributed by atoms with Gasteiger partial charge in [-0.05, 0) is 56.9 Å². The molecule has 4 rings (SSSR count). The molecule has 2 heterocycles. The molecule has 0 saturated carbocycles. The van der Waals surface area contributed by atoms with Crippen LogP contribution >= 0.6 is 0 Å². The highest BCUT2D eigenvalue weighted by atomic mass is 16.2. The second kappa shape index (κ2) is 11.4. The van der Waals surface area contributed by atoms with Crippen molar-refractivity contribution in [3.05, 3.63) is 71.9 Å². The number of hydrogen-bond donors (Lipinski definition) is 1. The first-order valence-electron chi connectivity index (χ1n) is 12.1. The van der Waals surface area contributed by atoms with Crippen molar-refractivity contribution in [1.82, 2.24) is 15.4 Å². The molecule has 1 saturated heterocycles. The van der Waals surface area contributed by atoms with Crippen LogP contribution in [-0.2, 0) is 0 Å². The van der Waals surface area contributed by atoms with Gasteiger partial charge < -0.3 is 9.80 Å². The molecule has 2 aromatic carbocycles. The first-order chi connectivity index (χ1) is 16.7. The number of benzene rings is 2. The molecule has 0 unspecified atom stereocenters. The van der Waals surface area contributed by atoms with Gasteiger partial charge in [-0.15, -0.1) is 0 Å². The van der Waals surface area contributed by atoms with Gasteiger partial charge >= 0.3 is 0 Å². The number of nitrogens with zero attached hydrogens (tertiary/aromatic N) is 5. The second-order valence-corrected chi connectivity index (χ2v) is 8.32. The molecular formula is C27H32N6O. The average Bonchev–Trinajstić information content (AvgIpc) is 2.91. The van der Waals surface area contributed by atoms with Gasteiger partial charge in [-0.1, -0.05) is 42.5 Å². The molecule has 0 radical (unpaired) electrons. The molecule has 1 fully saturated rings. The lowest BCUT2D eigenvalue weighted by Crippen LogP contribution is -2.32. The molecule has 1 N–H and O–H groups in total. The maximum Gasteiger partial charge on any atom is 0.290 e. The topological polar surface area (TPSA) is 73.7 Å². The van der Waals surface area contributed by atoms with Crippen LogP contribution in [0.3, 0.4) is 0 Å². The van der Waals surface area contributed by atoms with Crippen LogP contribution < -0.4 is 15.2 Å². The first kappa shape index (κ1) is 23.4. The third-order valence-corrected chi connectivity index (χ3v) is 6.06. The number of amides is 1. The van der Waals surface area contributed by atoms with E-state index in [9.17, 15) is 4.79 Å². The predicted octanol–water partition coefficient (Wildman–Crippen LogP) is 4.74. The Balaban J connectivity index is 1.51. The lowest BCUT2D eigenvalue weighted by atomic mass is 10.1. The minimum atomic E-state index is -0.353. The predicted molar refractivity (Wildman–Crippen MR) is 139 cm³/mol. The highest BCUT2D eigenvalue weighted by Crippen LogP contribution is 2.23. The van der Waals surface area contributed by atoms with Crippen molar-refractivity contribution in [3.8, 4) is 11.3 Å². The van der Waals surface area contributed by atoms with Gasteiger partial charge in [-0.2, -0.15) is 5.10 Å². The van der Waals surface area contributed by atoms with Crippen molar-refractivity contribution in [1.29, 1.82) is 0 Å². The highest BCUT2D eigenvalue weighted by Gasteiger charge is 2.18. The van der Waals surface area contributed by atoms with E-state index in [1.807, 2.05) is 42.5 Å². The number of nitrogens with one attached hydrogen (secondary N) is 1. The summed E-state index contributed by atoms with van der Waals surface area (Å²) in [6.07, 6.45) is 5.08. The smallest absolute Gasteiger partial charge is 0.290 e. The summed E-state index contributed by atoms with van der Waals surface area (Å²) in [5.41, 5.74) is 6.71. The monoisotopic (exact) mass is 456 g/mol. The molecule has 0 atom stereocenters. The number of carbonyl (C=O) groups is 1. The normalized spacial score (nSPS) is 13.8. The number of hydrogen-bond acceptors (Lipinski definition) is 6. The summed E-state index contributed by atoms with van der Waals surface area (Å²) in [6.45, 7) is 8.01. The Labute approximate surface area is 201 Å². The summed E-state index contributed by atoms with van der Waals surface area (Å²) in [7, 11) is 0. The van der Waals surface area contributed by atoms with Crippen molar-refractivity contribution in [2.75, 3.05) is 36.0 Å². The standard InChI is InChI=1S/C27H32N6O/c1-3-32(4-2)23-15-13-21(14-16-23)20-28-31-26(34)25-19-24(22-11-7-5-8-12-22)29-27(30-25)33-17-9-6-10-18-33/h5,7-8,11-16,19-20H,3-4,6,9-10,17-18H2,1-2H3,(H,31,34)/b28-20+. The van der Waals surface area contributed by atoms with Gasteiger partial charge in [-0.3, -0.25) is 4.79 Å². The van der Waals surface area contributed by atoms with Crippen LogP contribution in [0.25, 0.3) is 11.3 Å². The number of anilines is 2. The molecule has 0 spiro atoms. The number of aromatic nitrogens is 2. The number of carbonyl (C=O) groups excluding carboxylic acids is 1. The minimum Gasteiger partial charge on any atom is -0.372 e. The first-order valence-corrected chi connectivity index (χ1v) is 12.1. The number of hydrazone groups is 1. The van der Waals surface area contributed by atoms with E-state index in [1.165, 1.54) is 12.1 Å². The molecule has 7 nitrogen and oxygen atoms in total. The Kier molecular flexibility index (Phi) is 7.86. The van der Waals surface area contributed by atoms with Crippen LogP contribution in [0.15, 0.2) is 65.8 Å². The zero-order chi connectivity index (χ0) is 23.8. The summed E-state index contributed by atoms with van der Waals surface area (Å²) >= 11 is 0. The molecule has 34 heavy (non-hydrogen) atoms. The Morgan fingerprint density at radius 3 is 2.38 bits per heavy atom. The third-order valence-electron chi connectivity index (χ3n) is 6.06. The molecule has 7 heteroatoms. The Hall–Kier alpha value is -3.74. The second-order valence-electron chi connectivity index (χ2n) is 8.32. The quantitative estimate of drug-likeness (QED) is 0.391. The minimum absolute atomic E-state index is 0.309. The third kappa shape index (κ3) is 5.78. The van der Waals surface area contributed by atoms with Gasteiger partial charge in [0, 0.05) is 37.4 Å². The lowest BCUT2D eigenvalue weighted by molar-refractivity contribution is 0.0950. The molecule has 1 aromatic heterocycles. The van der Waals surface area contributed by atoms with Gasteiger partial charge in [0.15, 0.2) is 0 Å². The van der Waals surface area contributed by atoms with Gasteiger partial charge in [0.1, 0.15) is 5.69 Å². The fourth-order valence-corrected chi connectivity index (χ4v) is 4.13. The lowest BCUT2D eigenvalue weighted by Gasteiger charge is -2.27. The molecular weight excluding hydrogens is 424 g/mol. The van der Waals surface area contributed by atoms with Crippen LogP contribution in [0, 0.1) is 0 Å². The molecule has 176 valence electrons. The van der Waals surface area contributed by atoms with E-state index < -0.39 is 0 Å². The van der Waals surface area contributed by atoms with Crippen LogP contribution in [0.1, 0.15) is 49.2 Å². The summed E-state index contributed by atoms with van der Waals surface area (Å²) in [5, 5.41) is 4.17. The van der Waals surface area contributed by atoms with E-state index in [4.69, 9.17) is 4.98 Å². The fourth-order valence-electron chi connectivity index (χ4n) is 4.13. The molecule has 3 aromatic rings. The van der Waals surface area contributed by atoms with Crippen LogP contribution in [0.2, 0.25) is 0 Å². The van der Waals surface area contributed by atoms with Gasteiger partial charge in [0.2, 0.25) is 5.95 Å². The summed E-state index contributed by atoms with van der Waals surface area (Å²) in [5.74, 6) is 0.246. The van der Waals surface area contributed by atoms with E-state index in [-0.39, 0.29) is 5.91 Å². The summed E-state index contributed by atoms with van der Waals surface area (Å²) in [4.78, 5) is 26.7. The van der Waals surface area contributed by atoms with Crippen molar-refractivity contribution in [3.63, 3.8) is 0 Å². The summed E-state index contributed by atoms with van der Waals surface area (Å²) in [6, 6.07) is 19.7. The Bertz CT molecular complexity index is 1100. The van der Waals surface area contributed by atoms with Crippen LogP contribution in [-0.4, -0.2) is 48.3 Å². The van der Waals surface area contributed by atoms with E-state index in [0.717, 1.165) is 55.8 Å². The Morgan fingerprint density at radius 2 is 1.71 bits per heavy atom. The molecule has 0 aliphatic carbocycles. The largest absolute Gasteiger partial charge is 0.372 e. The molecule has 0 bridgehead atoms. The molecule has 1 amide bonds. The Morgan fingerprint density at radius 1 is 1.00 bits per heavy atom. The number of piperidine rings is 1. The van der Waals surface area contributed by atoms with Crippen molar-refractivity contribution < 1.29 is 4.79 Å². The fraction of sp³-hybridized carbons (Fsp3) is 0.333. The van der Waals surface area contributed by atoms with E-state index >= 15 is 0 Å². The zero-order valence-electron chi connectivity index (χ0n) is 19.9. The average molecular weight is 457 g/mol. The van der Waals surface area contributed by atoms with Crippen LogP contribution in [0.4, 0.5) is 11.6 Å².